The van der Waals surface area contributed by atoms with Crippen LogP contribution in [0.15, 0.2) is 47.6 Å². The standard InChI is InChI=1S/C22H26ClN3O2/c1-14-6-11-18(13-19(14)23)24-20(27)12-15(2)25-26-21(28)16-7-9-17(10-8-16)22(3,4)5/h6-11,13H,12H2,1-5H3,(H,24,27)(H,26,28). The van der Waals surface area contributed by atoms with Gasteiger partial charge in [-0.05, 0) is 54.7 Å². The molecule has 2 aromatic carbocycles. The van der Waals surface area contributed by atoms with Crippen molar-refractivity contribution in [2.45, 2.75) is 46.5 Å². The molecular formula is C22H26ClN3O2. The van der Waals surface area contributed by atoms with E-state index in [9.17, 15) is 9.59 Å². The molecule has 0 aromatic heterocycles. The van der Waals surface area contributed by atoms with Crippen LogP contribution in [0.1, 0.15) is 55.6 Å². The monoisotopic (exact) mass is 399 g/mol. The fourth-order valence-electron chi connectivity index (χ4n) is 2.48. The van der Waals surface area contributed by atoms with Gasteiger partial charge in [0.1, 0.15) is 0 Å². The van der Waals surface area contributed by atoms with Crippen LogP contribution in [0.3, 0.4) is 0 Å². The molecule has 0 unspecified atom stereocenters. The quantitative estimate of drug-likeness (QED) is 0.543. The molecule has 0 atom stereocenters. The summed E-state index contributed by atoms with van der Waals surface area (Å²) in [6.45, 7) is 9.93. The maximum atomic E-state index is 12.2. The van der Waals surface area contributed by atoms with Crippen molar-refractivity contribution in [1.82, 2.24) is 5.43 Å². The number of rotatable bonds is 5. The van der Waals surface area contributed by atoms with E-state index < -0.39 is 0 Å². The van der Waals surface area contributed by atoms with E-state index in [4.69, 9.17) is 11.6 Å². The van der Waals surface area contributed by atoms with Crippen molar-refractivity contribution in [2.24, 2.45) is 5.10 Å². The minimum absolute atomic E-state index is 0.0266. The van der Waals surface area contributed by atoms with Gasteiger partial charge in [-0.3, -0.25) is 9.59 Å². The topological polar surface area (TPSA) is 70.6 Å². The lowest BCUT2D eigenvalue weighted by Crippen LogP contribution is -2.21. The summed E-state index contributed by atoms with van der Waals surface area (Å²) in [5, 5.41) is 7.37. The molecule has 0 radical (unpaired) electrons. The van der Waals surface area contributed by atoms with Crippen LogP contribution in [0.25, 0.3) is 0 Å². The average Bonchev–Trinajstić information content (AvgIpc) is 2.62. The molecule has 0 bridgehead atoms. The van der Waals surface area contributed by atoms with Crippen LogP contribution < -0.4 is 10.7 Å². The van der Waals surface area contributed by atoms with Crippen LogP contribution >= 0.6 is 11.6 Å². The van der Waals surface area contributed by atoms with Crippen molar-refractivity contribution < 1.29 is 9.59 Å². The van der Waals surface area contributed by atoms with Gasteiger partial charge < -0.3 is 5.32 Å². The number of benzene rings is 2. The van der Waals surface area contributed by atoms with Crippen molar-refractivity contribution >= 4 is 34.8 Å². The summed E-state index contributed by atoms with van der Waals surface area (Å²) in [4.78, 5) is 24.3. The van der Waals surface area contributed by atoms with E-state index in [1.807, 2.05) is 25.1 Å². The first-order chi connectivity index (χ1) is 13.1. The molecular weight excluding hydrogens is 374 g/mol. The van der Waals surface area contributed by atoms with Gasteiger partial charge in [-0.2, -0.15) is 5.10 Å². The zero-order valence-corrected chi connectivity index (χ0v) is 17.6. The summed E-state index contributed by atoms with van der Waals surface area (Å²) < 4.78 is 0. The SMILES string of the molecule is CC(CC(=O)Nc1ccc(C)c(Cl)c1)=NNC(=O)c1ccc(C(C)(C)C)cc1. The second-order valence-corrected chi connectivity index (χ2v) is 8.21. The molecule has 0 aliphatic carbocycles. The van der Waals surface area contributed by atoms with E-state index in [0.717, 1.165) is 11.1 Å². The zero-order valence-electron chi connectivity index (χ0n) is 16.9. The van der Waals surface area contributed by atoms with E-state index in [1.165, 1.54) is 0 Å². The van der Waals surface area contributed by atoms with Crippen LogP contribution in [0.5, 0.6) is 0 Å². The highest BCUT2D eigenvalue weighted by atomic mass is 35.5. The first-order valence-corrected chi connectivity index (χ1v) is 9.44. The number of hydrogen-bond donors (Lipinski definition) is 2. The highest BCUT2D eigenvalue weighted by Crippen LogP contribution is 2.22. The molecule has 2 N–H and O–H groups in total. The number of halogens is 1. The van der Waals surface area contributed by atoms with Crippen LogP contribution in [-0.4, -0.2) is 17.5 Å². The maximum absolute atomic E-state index is 12.2. The number of amides is 2. The second-order valence-electron chi connectivity index (χ2n) is 7.80. The Hall–Kier alpha value is -2.66. The Labute approximate surface area is 171 Å². The molecule has 6 heteroatoms. The third kappa shape index (κ3) is 6.20. The second kappa shape index (κ2) is 9.02. The highest BCUT2D eigenvalue weighted by Gasteiger charge is 2.14. The number of anilines is 1. The number of carbonyl (C=O) groups excluding carboxylic acids is 2. The molecule has 0 aliphatic rings. The number of carbonyl (C=O) groups is 2. The summed E-state index contributed by atoms with van der Waals surface area (Å²) >= 11 is 6.06. The largest absolute Gasteiger partial charge is 0.326 e. The Morgan fingerprint density at radius 2 is 1.71 bits per heavy atom. The van der Waals surface area contributed by atoms with Crippen LogP contribution in [0, 0.1) is 6.92 Å². The van der Waals surface area contributed by atoms with E-state index in [0.29, 0.717) is 22.0 Å². The molecule has 0 heterocycles. The predicted octanol–water partition coefficient (Wildman–Crippen LogP) is 5.08. The molecule has 0 aliphatic heterocycles. The Kier molecular flexibility index (Phi) is 6.97. The van der Waals surface area contributed by atoms with Gasteiger partial charge in [0.15, 0.2) is 0 Å². The lowest BCUT2D eigenvalue weighted by molar-refractivity contribution is -0.115. The van der Waals surface area contributed by atoms with Gasteiger partial charge in [-0.25, -0.2) is 5.43 Å². The fourth-order valence-corrected chi connectivity index (χ4v) is 2.66. The summed E-state index contributed by atoms with van der Waals surface area (Å²) in [5.41, 5.74) is 6.24. The Balaban J connectivity index is 1.91. The van der Waals surface area contributed by atoms with Gasteiger partial charge in [0.05, 0.1) is 6.42 Å². The van der Waals surface area contributed by atoms with Gasteiger partial charge in [0.2, 0.25) is 5.91 Å². The number of nitrogens with one attached hydrogen (secondary N) is 2. The normalized spacial score (nSPS) is 11.9. The molecule has 2 rings (SSSR count). The minimum atomic E-state index is -0.314. The molecule has 0 saturated heterocycles. The average molecular weight is 400 g/mol. The van der Waals surface area contributed by atoms with Crippen molar-refractivity contribution in [3.05, 3.63) is 64.2 Å². The fraction of sp³-hybridized carbons (Fsp3) is 0.318. The first-order valence-electron chi connectivity index (χ1n) is 9.06. The van der Waals surface area contributed by atoms with Crippen LogP contribution in [0.4, 0.5) is 5.69 Å². The van der Waals surface area contributed by atoms with E-state index in [-0.39, 0.29) is 23.7 Å². The Morgan fingerprint density at radius 3 is 2.29 bits per heavy atom. The van der Waals surface area contributed by atoms with Gasteiger partial charge >= 0.3 is 0 Å². The molecule has 2 amide bonds. The lowest BCUT2D eigenvalue weighted by atomic mass is 9.87. The van der Waals surface area contributed by atoms with Gasteiger partial charge in [0, 0.05) is 22.0 Å². The molecule has 5 nitrogen and oxygen atoms in total. The van der Waals surface area contributed by atoms with Crippen LogP contribution in [0.2, 0.25) is 5.02 Å². The van der Waals surface area contributed by atoms with Crippen molar-refractivity contribution in [1.29, 1.82) is 0 Å². The summed E-state index contributed by atoms with van der Waals surface area (Å²) in [6.07, 6.45) is 0.0642. The van der Waals surface area contributed by atoms with E-state index in [2.05, 4.69) is 36.6 Å². The highest BCUT2D eigenvalue weighted by molar-refractivity contribution is 6.31. The number of hydrazone groups is 1. The molecule has 0 saturated carbocycles. The van der Waals surface area contributed by atoms with Gasteiger partial charge in [-0.1, -0.05) is 50.6 Å². The molecule has 2 aromatic rings. The minimum Gasteiger partial charge on any atom is -0.326 e. The third-order valence-corrected chi connectivity index (χ3v) is 4.64. The number of nitrogens with zero attached hydrogens (tertiary/aromatic N) is 1. The van der Waals surface area contributed by atoms with E-state index >= 15 is 0 Å². The Morgan fingerprint density at radius 1 is 1.07 bits per heavy atom. The number of hydrogen-bond acceptors (Lipinski definition) is 3. The zero-order chi connectivity index (χ0) is 20.9. The number of aryl methyl sites for hydroxylation is 1. The molecule has 0 fully saturated rings. The van der Waals surface area contributed by atoms with Crippen molar-refractivity contribution in [2.75, 3.05) is 5.32 Å². The maximum Gasteiger partial charge on any atom is 0.271 e. The lowest BCUT2D eigenvalue weighted by Gasteiger charge is -2.18. The molecule has 28 heavy (non-hydrogen) atoms. The van der Waals surface area contributed by atoms with Crippen molar-refractivity contribution in [3.63, 3.8) is 0 Å². The predicted molar refractivity (Wildman–Crippen MR) is 115 cm³/mol. The Bertz CT molecular complexity index is 897. The smallest absolute Gasteiger partial charge is 0.271 e. The van der Waals surface area contributed by atoms with E-state index in [1.54, 1.807) is 31.2 Å². The molecule has 148 valence electrons. The van der Waals surface area contributed by atoms with Gasteiger partial charge in [0.25, 0.3) is 5.91 Å². The van der Waals surface area contributed by atoms with Gasteiger partial charge in [-0.15, -0.1) is 0 Å². The van der Waals surface area contributed by atoms with Crippen molar-refractivity contribution in [3.8, 4) is 0 Å². The summed E-state index contributed by atoms with van der Waals surface area (Å²) in [5.74, 6) is -0.546. The first kappa shape index (κ1) is 21.6. The molecule has 0 spiro atoms. The van der Waals surface area contributed by atoms with Crippen LogP contribution in [-0.2, 0) is 10.2 Å². The summed E-state index contributed by atoms with van der Waals surface area (Å²) in [6, 6.07) is 12.7. The summed E-state index contributed by atoms with van der Waals surface area (Å²) in [7, 11) is 0. The third-order valence-electron chi connectivity index (χ3n) is 4.23.